The maximum absolute atomic E-state index is 5.58. The molecule has 4 heteroatoms. The molecule has 0 radical (unpaired) electrons. The zero-order valence-electron chi connectivity index (χ0n) is 15.9. The van der Waals surface area contributed by atoms with Gasteiger partial charge < -0.3 is 19.4 Å². The largest absolute Gasteiger partial charge is 0.381 e. The van der Waals surface area contributed by atoms with Gasteiger partial charge in [0.25, 0.3) is 0 Å². The molecule has 4 rings (SSSR count). The number of nitrogens with zero attached hydrogens (tertiary/aromatic N) is 3. The molecular formula is C21H33N3O. The van der Waals surface area contributed by atoms with Crippen LogP contribution in [-0.4, -0.2) is 62.9 Å². The van der Waals surface area contributed by atoms with Crippen molar-refractivity contribution < 1.29 is 4.74 Å². The highest BCUT2D eigenvalue weighted by Crippen LogP contribution is 2.38. The number of likely N-dealkylation sites (tertiary alicyclic amines) is 1. The second-order valence-electron chi connectivity index (χ2n) is 8.31. The molecule has 0 N–H and O–H groups in total. The minimum atomic E-state index is 0.651. The number of benzene rings is 1. The lowest BCUT2D eigenvalue weighted by Gasteiger charge is -2.45. The van der Waals surface area contributed by atoms with Crippen molar-refractivity contribution in [1.82, 2.24) is 4.90 Å². The van der Waals surface area contributed by atoms with E-state index in [0.29, 0.717) is 12.1 Å². The number of anilines is 2. The molecule has 2 saturated heterocycles. The molecule has 25 heavy (non-hydrogen) atoms. The lowest BCUT2D eigenvalue weighted by Crippen LogP contribution is -2.51. The molecule has 0 unspecified atom stereocenters. The maximum Gasteiger partial charge on any atom is 0.0607 e. The van der Waals surface area contributed by atoms with Crippen LogP contribution in [0.2, 0.25) is 0 Å². The molecule has 0 aliphatic carbocycles. The summed E-state index contributed by atoms with van der Waals surface area (Å²) in [6.07, 6.45) is 3.64. The number of para-hydroxylation sites is 2. The highest BCUT2D eigenvalue weighted by molar-refractivity contribution is 5.74. The van der Waals surface area contributed by atoms with E-state index in [1.54, 1.807) is 0 Å². The molecule has 0 aromatic heterocycles. The first kappa shape index (κ1) is 17.2. The number of ether oxygens (including phenoxy) is 1. The van der Waals surface area contributed by atoms with Crippen LogP contribution in [0.3, 0.4) is 0 Å². The monoisotopic (exact) mass is 343 g/mol. The number of hydrogen-bond acceptors (Lipinski definition) is 4. The van der Waals surface area contributed by atoms with Crippen molar-refractivity contribution in [3.63, 3.8) is 0 Å². The van der Waals surface area contributed by atoms with Crippen molar-refractivity contribution in [2.75, 3.05) is 55.7 Å². The molecule has 0 amide bonds. The fraction of sp³-hybridized carbons (Fsp3) is 0.714. The summed E-state index contributed by atoms with van der Waals surface area (Å²) in [5.74, 6) is 0.761. The van der Waals surface area contributed by atoms with Crippen molar-refractivity contribution in [3.05, 3.63) is 24.3 Å². The third-order valence-electron chi connectivity index (χ3n) is 6.03. The number of rotatable bonds is 4. The summed E-state index contributed by atoms with van der Waals surface area (Å²) in [6, 6.07) is 10.4. The van der Waals surface area contributed by atoms with E-state index in [0.717, 1.165) is 32.2 Å². The standard InChI is InChI=1S/C21H33N3O/c1-17(2)15-22-10-7-19(16-22)24-12-11-23(18-8-13-25-14-9-18)20-5-3-4-6-21(20)24/h3-6,17-19H,7-16H2,1-2H3/t19-/m1/s1. The van der Waals surface area contributed by atoms with Gasteiger partial charge in [-0.3, -0.25) is 0 Å². The van der Waals surface area contributed by atoms with Crippen LogP contribution in [-0.2, 0) is 4.74 Å². The Morgan fingerprint density at radius 2 is 1.56 bits per heavy atom. The van der Waals surface area contributed by atoms with Gasteiger partial charge in [0.15, 0.2) is 0 Å². The van der Waals surface area contributed by atoms with Gasteiger partial charge in [-0.1, -0.05) is 26.0 Å². The predicted molar refractivity (Wildman–Crippen MR) is 105 cm³/mol. The van der Waals surface area contributed by atoms with E-state index in [1.165, 1.54) is 50.3 Å². The molecular weight excluding hydrogens is 310 g/mol. The molecule has 2 fully saturated rings. The lowest BCUT2D eigenvalue weighted by molar-refractivity contribution is 0.0843. The molecule has 1 aromatic carbocycles. The topological polar surface area (TPSA) is 19.0 Å². The van der Waals surface area contributed by atoms with Crippen LogP contribution in [0, 0.1) is 5.92 Å². The minimum absolute atomic E-state index is 0.651. The summed E-state index contributed by atoms with van der Waals surface area (Å²) in [5, 5.41) is 0. The van der Waals surface area contributed by atoms with Gasteiger partial charge in [-0.15, -0.1) is 0 Å². The van der Waals surface area contributed by atoms with Gasteiger partial charge >= 0.3 is 0 Å². The summed E-state index contributed by atoms with van der Waals surface area (Å²) in [7, 11) is 0. The molecule has 1 atom stereocenters. The van der Waals surface area contributed by atoms with Crippen LogP contribution in [0.1, 0.15) is 33.1 Å². The molecule has 1 aromatic rings. The summed E-state index contributed by atoms with van der Waals surface area (Å²) >= 11 is 0. The molecule has 0 spiro atoms. The Morgan fingerprint density at radius 1 is 0.920 bits per heavy atom. The van der Waals surface area contributed by atoms with Crippen molar-refractivity contribution in [2.45, 2.75) is 45.2 Å². The predicted octanol–water partition coefficient (Wildman–Crippen LogP) is 3.22. The van der Waals surface area contributed by atoms with Crippen LogP contribution in [0.25, 0.3) is 0 Å². The van der Waals surface area contributed by atoms with Gasteiger partial charge in [0.1, 0.15) is 0 Å². The Kier molecular flexibility index (Phi) is 5.18. The van der Waals surface area contributed by atoms with Gasteiger partial charge in [0.05, 0.1) is 11.4 Å². The number of fused-ring (bicyclic) bond motifs is 1. The Balaban J connectivity index is 1.51. The van der Waals surface area contributed by atoms with Gasteiger partial charge in [-0.2, -0.15) is 0 Å². The summed E-state index contributed by atoms with van der Waals surface area (Å²) in [4.78, 5) is 8.02. The molecule has 3 heterocycles. The van der Waals surface area contributed by atoms with Crippen LogP contribution in [0.4, 0.5) is 11.4 Å². The van der Waals surface area contributed by atoms with Crippen molar-refractivity contribution in [2.24, 2.45) is 5.92 Å². The SMILES string of the molecule is CC(C)CN1CC[C@@H](N2CCN(C3CCOCC3)c3ccccc32)C1. The first-order chi connectivity index (χ1) is 12.2. The molecule has 3 aliphatic heterocycles. The van der Waals surface area contributed by atoms with Crippen LogP contribution in [0.5, 0.6) is 0 Å². The van der Waals surface area contributed by atoms with E-state index in [1.807, 2.05) is 0 Å². The summed E-state index contributed by atoms with van der Waals surface area (Å²) < 4.78 is 5.58. The summed E-state index contributed by atoms with van der Waals surface area (Å²) in [6.45, 7) is 12.5. The normalized spacial score (nSPS) is 25.6. The Morgan fingerprint density at radius 3 is 2.20 bits per heavy atom. The van der Waals surface area contributed by atoms with Crippen LogP contribution >= 0.6 is 0 Å². The van der Waals surface area contributed by atoms with E-state index >= 15 is 0 Å². The summed E-state index contributed by atoms with van der Waals surface area (Å²) in [5.41, 5.74) is 2.90. The fourth-order valence-electron chi connectivity index (χ4n) is 4.91. The quantitative estimate of drug-likeness (QED) is 0.835. The van der Waals surface area contributed by atoms with Gasteiger partial charge in [0.2, 0.25) is 0 Å². The zero-order chi connectivity index (χ0) is 17.2. The molecule has 138 valence electrons. The third-order valence-corrected chi connectivity index (χ3v) is 6.03. The second-order valence-corrected chi connectivity index (χ2v) is 8.31. The van der Waals surface area contributed by atoms with Crippen LogP contribution in [0.15, 0.2) is 24.3 Å². The van der Waals surface area contributed by atoms with E-state index in [9.17, 15) is 0 Å². The first-order valence-corrected chi connectivity index (χ1v) is 10.1. The van der Waals surface area contributed by atoms with Crippen LogP contribution < -0.4 is 9.80 Å². The third kappa shape index (κ3) is 3.65. The highest BCUT2D eigenvalue weighted by atomic mass is 16.5. The van der Waals surface area contributed by atoms with Crippen molar-refractivity contribution in [3.8, 4) is 0 Å². The molecule has 0 bridgehead atoms. The average Bonchev–Trinajstić information content (AvgIpc) is 3.09. The number of hydrogen-bond donors (Lipinski definition) is 0. The van der Waals surface area contributed by atoms with Crippen molar-refractivity contribution >= 4 is 11.4 Å². The molecule has 4 nitrogen and oxygen atoms in total. The Hall–Kier alpha value is -1.26. The molecule has 0 saturated carbocycles. The maximum atomic E-state index is 5.58. The second kappa shape index (κ2) is 7.55. The first-order valence-electron chi connectivity index (χ1n) is 10.1. The Labute approximate surface area is 152 Å². The lowest BCUT2D eigenvalue weighted by atomic mass is 10.0. The van der Waals surface area contributed by atoms with Gasteiger partial charge in [-0.05, 0) is 37.3 Å². The smallest absolute Gasteiger partial charge is 0.0607 e. The van der Waals surface area contributed by atoms with E-state index in [-0.39, 0.29) is 0 Å². The fourth-order valence-corrected chi connectivity index (χ4v) is 4.91. The zero-order valence-corrected chi connectivity index (χ0v) is 15.9. The average molecular weight is 344 g/mol. The van der Waals surface area contributed by atoms with E-state index < -0.39 is 0 Å². The highest BCUT2D eigenvalue weighted by Gasteiger charge is 2.34. The minimum Gasteiger partial charge on any atom is -0.381 e. The molecule has 3 aliphatic rings. The van der Waals surface area contributed by atoms with Gasteiger partial charge in [0, 0.05) is 58.0 Å². The van der Waals surface area contributed by atoms with Crippen molar-refractivity contribution in [1.29, 1.82) is 0 Å². The van der Waals surface area contributed by atoms with E-state index in [4.69, 9.17) is 4.74 Å². The van der Waals surface area contributed by atoms with E-state index in [2.05, 4.69) is 52.8 Å². The Bertz CT molecular complexity index is 570. The van der Waals surface area contributed by atoms with Gasteiger partial charge in [-0.25, -0.2) is 0 Å².